The van der Waals surface area contributed by atoms with Gasteiger partial charge in [-0.2, -0.15) is 5.26 Å². The van der Waals surface area contributed by atoms with Crippen molar-refractivity contribution in [3.05, 3.63) is 41.5 Å². The van der Waals surface area contributed by atoms with E-state index in [-0.39, 0.29) is 0 Å². The molecule has 0 atom stereocenters. The van der Waals surface area contributed by atoms with Crippen LogP contribution in [0.3, 0.4) is 0 Å². The van der Waals surface area contributed by atoms with E-state index in [1.54, 1.807) is 0 Å². The van der Waals surface area contributed by atoms with Crippen molar-refractivity contribution in [3.63, 3.8) is 0 Å². The number of nitrogens with two attached hydrogens (primary N) is 1. The molecule has 1 aliphatic carbocycles. The first-order valence-corrected chi connectivity index (χ1v) is 5.28. The van der Waals surface area contributed by atoms with Gasteiger partial charge in [0.15, 0.2) is 0 Å². The van der Waals surface area contributed by atoms with Gasteiger partial charge in [-0.1, -0.05) is 6.08 Å². The van der Waals surface area contributed by atoms with Crippen LogP contribution in [0, 0.1) is 18.3 Å². The van der Waals surface area contributed by atoms with Crippen LogP contribution in [0.4, 0.5) is 5.95 Å². The van der Waals surface area contributed by atoms with Crippen molar-refractivity contribution in [2.24, 2.45) is 0 Å². The second kappa shape index (κ2) is 3.22. The monoisotopic (exact) mass is 222 g/mol. The molecule has 0 saturated carbocycles. The van der Waals surface area contributed by atoms with E-state index in [4.69, 9.17) is 11.0 Å². The zero-order valence-corrected chi connectivity index (χ0v) is 9.31. The van der Waals surface area contributed by atoms with Gasteiger partial charge in [0, 0.05) is 5.70 Å². The molecule has 0 spiro atoms. The van der Waals surface area contributed by atoms with Gasteiger partial charge < -0.3 is 5.73 Å². The number of fused-ring (bicyclic) bond motifs is 1. The Morgan fingerprint density at radius 2 is 2.18 bits per heavy atom. The van der Waals surface area contributed by atoms with Gasteiger partial charge >= 0.3 is 0 Å². The fourth-order valence-electron chi connectivity index (χ4n) is 1.97. The molecule has 0 amide bonds. The van der Waals surface area contributed by atoms with Crippen molar-refractivity contribution in [3.8, 4) is 6.07 Å². The Hall–Kier alpha value is -2.54. The average Bonchev–Trinajstić information content (AvgIpc) is 2.52. The van der Waals surface area contributed by atoms with E-state index in [0.29, 0.717) is 11.5 Å². The predicted molar refractivity (Wildman–Crippen MR) is 67.0 cm³/mol. The Bertz CT molecular complexity index is 726. The van der Waals surface area contributed by atoms with E-state index in [1.807, 2.05) is 41.9 Å². The highest BCUT2D eigenvalue weighted by molar-refractivity contribution is 5.87. The standard InChI is InChI=1S/C13H10N4/c1-8-5-11-12(6-9(8)7-14)17(13(15)16-11)10-3-2-4-10/h2-6H,1H3,(H2,15,16). The molecule has 1 heterocycles. The predicted octanol–water partition coefficient (Wildman–Crippen LogP) is 2.21. The maximum absolute atomic E-state index is 9.05. The number of rotatable bonds is 1. The maximum Gasteiger partial charge on any atom is 0.205 e. The summed E-state index contributed by atoms with van der Waals surface area (Å²) in [5, 5.41) is 9.05. The number of imidazole rings is 1. The summed E-state index contributed by atoms with van der Waals surface area (Å²) in [6.45, 7) is 1.90. The molecule has 82 valence electrons. The molecule has 1 aromatic carbocycles. The van der Waals surface area contributed by atoms with E-state index in [0.717, 1.165) is 22.3 Å². The van der Waals surface area contributed by atoms with E-state index >= 15 is 0 Å². The number of benzene rings is 1. The molecule has 0 unspecified atom stereocenters. The first kappa shape index (κ1) is 9.67. The fourth-order valence-corrected chi connectivity index (χ4v) is 1.97. The first-order valence-electron chi connectivity index (χ1n) is 5.28. The van der Waals surface area contributed by atoms with Crippen molar-refractivity contribution in [2.75, 3.05) is 5.73 Å². The van der Waals surface area contributed by atoms with Crippen molar-refractivity contribution in [1.82, 2.24) is 9.55 Å². The number of nitrogen functional groups attached to an aromatic ring is 1. The second-order valence-corrected chi connectivity index (χ2v) is 4.02. The minimum absolute atomic E-state index is 0.449. The zero-order valence-electron chi connectivity index (χ0n) is 9.31. The number of nitriles is 1. The lowest BCUT2D eigenvalue weighted by atomic mass is 10.1. The van der Waals surface area contributed by atoms with Gasteiger partial charge in [0.1, 0.15) is 0 Å². The molecule has 0 fully saturated rings. The molecule has 17 heavy (non-hydrogen) atoms. The lowest BCUT2D eigenvalue weighted by Gasteiger charge is -2.11. The summed E-state index contributed by atoms with van der Waals surface area (Å²) in [5.41, 5.74) is 10.2. The van der Waals surface area contributed by atoms with Gasteiger partial charge in [-0.3, -0.25) is 4.57 Å². The van der Waals surface area contributed by atoms with E-state index in [9.17, 15) is 0 Å². The third-order valence-electron chi connectivity index (χ3n) is 2.94. The van der Waals surface area contributed by atoms with Gasteiger partial charge in [0.05, 0.1) is 22.7 Å². The summed E-state index contributed by atoms with van der Waals surface area (Å²) in [4.78, 5) is 4.31. The Morgan fingerprint density at radius 1 is 1.41 bits per heavy atom. The lowest BCUT2D eigenvalue weighted by Crippen LogP contribution is -2.03. The Labute approximate surface area is 98.3 Å². The molecule has 3 rings (SSSR count). The summed E-state index contributed by atoms with van der Waals surface area (Å²) in [7, 11) is 0. The molecule has 2 aromatic rings. The molecular weight excluding hydrogens is 212 g/mol. The minimum atomic E-state index is 0.449. The van der Waals surface area contributed by atoms with Gasteiger partial charge in [-0.25, -0.2) is 4.98 Å². The van der Waals surface area contributed by atoms with Gasteiger partial charge in [0.2, 0.25) is 5.95 Å². The van der Waals surface area contributed by atoms with Crippen molar-refractivity contribution >= 4 is 22.7 Å². The normalized spacial score (nSPS) is 13.3. The van der Waals surface area contributed by atoms with Crippen LogP contribution in [0.5, 0.6) is 0 Å². The number of anilines is 1. The fraction of sp³-hybridized carbons (Fsp3) is 0.0769. The van der Waals surface area contributed by atoms with Crippen LogP contribution in [0.25, 0.3) is 16.7 Å². The third-order valence-corrected chi connectivity index (χ3v) is 2.94. The summed E-state index contributed by atoms with van der Waals surface area (Å²) < 4.78 is 1.86. The number of hydrogen-bond acceptors (Lipinski definition) is 3. The SMILES string of the molecule is Cc1cc2nc(N)n(C3=CC=C3)c2cc1C#N. The number of aromatic nitrogens is 2. The highest BCUT2D eigenvalue weighted by Crippen LogP contribution is 2.27. The first-order chi connectivity index (χ1) is 8.20. The number of nitrogens with zero attached hydrogens (tertiary/aromatic N) is 3. The minimum Gasteiger partial charge on any atom is -0.369 e. The van der Waals surface area contributed by atoms with Crippen molar-refractivity contribution < 1.29 is 0 Å². The Balaban J connectivity index is 2.36. The summed E-state index contributed by atoms with van der Waals surface area (Å²) in [6.07, 6.45) is 5.87. The number of allylic oxidation sites excluding steroid dienone is 4. The third kappa shape index (κ3) is 1.26. The topological polar surface area (TPSA) is 67.6 Å². The molecule has 4 nitrogen and oxygen atoms in total. The summed E-state index contributed by atoms with van der Waals surface area (Å²) in [5.74, 6) is 0.449. The van der Waals surface area contributed by atoms with Crippen LogP contribution >= 0.6 is 0 Å². The van der Waals surface area contributed by atoms with Crippen LogP contribution in [-0.4, -0.2) is 9.55 Å². The van der Waals surface area contributed by atoms with Crippen molar-refractivity contribution in [2.45, 2.75) is 6.92 Å². The van der Waals surface area contributed by atoms with E-state index in [2.05, 4.69) is 11.1 Å². The van der Waals surface area contributed by atoms with Gasteiger partial charge in [0.25, 0.3) is 0 Å². The highest BCUT2D eigenvalue weighted by atomic mass is 15.2. The second-order valence-electron chi connectivity index (χ2n) is 4.02. The molecule has 4 heteroatoms. The zero-order chi connectivity index (χ0) is 12.0. The quantitative estimate of drug-likeness (QED) is 0.804. The molecule has 2 N–H and O–H groups in total. The smallest absolute Gasteiger partial charge is 0.205 e. The van der Waals surface area contributed by atoms with Gasteiger partial charge in [-0.15, -0.1) is 0 Å². The molecule has 0 radical (unpaired) electrons. The molecular formula is C13H10N4. The average molecular weight is 222 g/mol. The molecule has 0 bridgehead atoms. The lowest BCUT2D eigenvalue weighted by molar-refractivity contribution is 1.14. The molecule has 0 aliphatic heterocycles. The highest BCUT2D eigenvalue weighted by Gasteiger charge is 2.14. The molecule has 1 aliphatic rings. The Kier molecular flexibility index (Phi) is 1.83. The van der Waals surface area contributed by atoms with Crippen LogP contribution in [0.1, 0.15) is 11.1 Å². The number of aryl methyl sites for hydroxylation is 1. The summed E-state index contributed by atoms with van der Waals surface area (Å²) >= 11 is 0. The van der Waals surface area contributed by atoms with Gasteiger partial charge in [-0.05, 0) is 36.8 Å². The molecule has 1 aromatic heterocycles. The van der Waals surface area contributed by atoms with E-state index in [1.165, 1.54) is 0 Å². The Morgan fingerprint density at radius 3 is 2.76 bits per heavy atom. The van der Waals surface area contributed by atoms with Crippen molar-refractivity contribution in [1.29, 1.82) is 5.26 Å². The van der Waals surface area contributed by atoms with E-state index < -0.39 is 0 Å². The van der Waals surface area contributed by atoms with Crippen LogP contribution in [-0.2, 0) is 0 Å². The summed E-state index contributed by atoms with van der Waals surface area (Å²) in [6, 6.07) is 5.91. The maximum atomic E-state index is 9.05. The van der Waals surface area contributed by atoms with Crippen LogP contribution < -0.4 is 5.73 Å². The molecule has 0 saturated heterocycles. The largest absolute Gasteiger partial charge is 0.369 e. The van der Waals surface area contributed by atoms with Crippen LogP contribution in [0.2, 0.25) is 0 Å². The number of hydrogen-bond donors (Lipinski definition) is 1. The van der Waals surface area contributed by atoms with Crippen LogP contribution in [0.15, 0.2) is 30.4 Å².